The third-order valence-corrected chi connectivity index (χ3v) is 4.17. The van der Waals surface area contributed by atoms with Crippen molar-refractivity contribution in [3.05, 3.63) is 53.6 Å². The number of halogens is 1. The maximum atomic E-state index is 12.1. The number of anilines is 1. The molecule has 0 aliphatic carbocycles. The first-order valence-corrected chi connectivity index (χ1v) is 7.30. The lowest BCUT2D eigenvalue weighted by molar-refractivity contribution is 0.415. The number of ether oxygens (including phenoxy) is 1. The molecule has 0 aliphatic heterocycles. The zero-order valence-electron chi connectivity index (χ0n) is 10.1. The van der Waals surface area contributed by atoms with Crippen molar-refractivity contribution < 1.29 is 13.2 Å². The minimum absolute atomic E-state index is 0.182. The normalized spacial score (nSPS) is 11.1. The van der Waals surface area contributed by atoms with E-state index in [4.69, 9.17) is 16.3 Å². The quantitative estimate of drug-likeness (QED) is 0.943. The van der Waals surface area contributed by atoms with E-state index >= 15 is 0 Å². The Bertz CT molecular complexity index is 672. The molecular weight excluding hydrogens is 286 g/mol. The van der Waals surface area contributed by atoms with Crippen LogP contribution in [-0.4, -0.2) is 15.5 Å². The third kappa shape index (κ3) is 3.19. The van der Waals surface area contributed by atoms with Crippen molar-refractivity contribution >= 4 is 27.3 Å². The summed E-state index contributed by atoms with van der Waals surface area (Å²) in [7, 11) is -2.12. The van der Waals surface area contributed by atoms with Crippen molar-refractivity contribution in [2.24, 2.45) is 0 Å². The van der Waals surface area contributed by atoms with Crippen LogP contribution >= 0.6 is 11.6 Å². The Kier molecular flexibility index (Phi) is 3.97. The van der Waals surface area contributed by atoms with Crippen LogP contribution in [0.3, 0.4) is 0 Å². The van der Waals surface area contributed by atoms with Gasteiger partial charge in [0.2, 0.25) is 0 Å². The van der Waals surface area contributed by atoms with Gasteiger partial charge in [0.1, 0.15) is 5.75 Å². The van der Waals surface area contributed by atoms with Gasteiger partial charge in [0.05, 0.1) is 22.7 Å². The number of rotatable bonds is 4. The van der Waals surface area contributed by atoms with Gasteiger partial charge < -0.3 is 4.74 Å². The lowest BCUT2D eigenvalue weighted by atomic mass is 10.3. The predicted octanol–water partition coefficient (Wildman–Crippen LogP) is 3.15. The summed E-state index contributed by atoms with van der Waals surface area (Å²) in [6.07, 6.45) is 0. The van der Waals surface area contributed by atoms with Gasteiger partial charge in [-0.25, -0.2) is 8.42 Å². The van der Waals surface area contributed by atoms with Gasteiger partial charge >= 0.3 is 0 Å². The fraction of sp³-hybridized carbons (Fsp3) is 0.0769. The Morgan fingerprint density at radius 3 is 2.37 bits per heavy atom. The molecule has 4 nitrogen and oxygen atoms in total. The van der Waals surface area contributed by atoms with Gasteiger partial charge in [0.15, 0.2) is 0 Å². The van der Waals surface area contributed by atoms with E-state index in [0.717, 1.165) is 0 Å². The average molecular weight is 298 g/mol. The minimum Gasteiger partial charge on any atom is -0.497 e. The molecule has 0 spiro atoms. The van der Waals surface area contributed by atoms with Crippen molar-refractivity contribution in [3.63, 3.8) is 0 Å². The number of methoxy groups -OCH3 is 1. The van der Waals surface area contributed by atoms with Gasteiger partial charge in [-0.15, -0.1) is 0 Å². The van der Waals surface area contributed by atoms with Crippen molar-refractivity contribution in [1.82, 2.24) is 0 Å². The Morgan fingerprint density at radius 2 is 1.79 bits per heavy atom. The summed E-state index contributed by atoms with van der Waals surface area (Å²) >= 11 is 5.99. The number of hydrogen-bond donors (Lipinski definition) is 1. The van der Waals surface area contributed by atoms with Crippen LogP contribution in [0, 0.1) is 0 Å². The molecule has 0 amide bonds. The molecule has 0 saturated heterocycles. The highest BCUT2D eigenvalue weighted by Crippen LogP contribution is 2.28. The van der Waals surface area contributed by atoms with Crippen LogP contribution < -0.4 is 9.46 Å². The maximum Gasteiger partial charge on any atom is 0.261 e. The first-order valence-electron chi connectivity index (χ1n) is 5.44. The van der Waals surface area contributed by atoms with E-state index in [0.29, 0.717) is 11.4 Å². The average Bonchev–Trinajstić information content (AvgIpc) is 2.42. The Labute approximate surface area is 117 Å². The topological polar surface area (TPSA) is 55.4 Å². The van der Waals surface area contributed by atoms with Gasteiger partial charge in [0.25, 0.3) is 10.0 Å². The first kappa shape index (κ1) is 13.7. The summed E-state index contributed by atoms with van der Waals surface area (Å²) in [5.41, 5.74) is 0.311. The number of hydrogen-bond acceptors (Lipinski definition) is 3. The van der Waals surface area contributed by atoms with Crippen molar-refractivity contribution in [2.45, 2.75) is 4.90 Å². The fourth-order valence-corrected chi connectivity index (χ4v) is 2.88. The first-order chi connectivity index (χ1) is 9.03. The summed E-state index contributed by atoms with van der Waals surface area (Å²) in [4.78, 5) is 0.182. The van der Waals surface area contributed by atoms with Crippen molar-refractivity contribution in [3.8, 4) is 5.75 Å². The molecular formula is C13H12ClNO3S. The van der Waals surface area contributed by atoms with Crippen LogP contribution in [0.25, 0.3) is 0 Å². The molecule has 0 bridgehead atoms. The van der Waals surface area contributed by atoms with E-state index in [9.17, 15) is 8.42 Å². The lowest BCUT2D eigenvalue weighted by Crippen LogP contribution is -2.13. The molecule has 100 valence electrons. The van der Waals surface area contributed by atoms with Gasteiger partial charge in [0, 0.05) is 6.07 Å². The molecule has 0 atom stereocenters. The number of benzene rings is 2. The number of nitrogens with one attached hydrogen (secondary N) is 1. The van der Waals surface area contributed by atoms with Crippen LogP contribution in [0.5, 0.6) is 5.75 Å². The smallest absolute Gasteiger partial charge is 0.261 e. The van der Waals surface area contributed by atoms with E-state index < -0.39 is 10.0 Å². The third-order valence-electron chi connectivity index (χ3n) is 2.47. The van der Waals surface area contributed by atoms with Crippen LogP contribution in [0.1, 0.15) is 0 Å². The summed E-state index contributed by atoms with van der Waals surface area (Å²) in [5, 5.41) is 0.277. The molecule has 1 N–H and O–H groups in total. The highest BCUT2D eigenvalue weighted by Gasteiger charge is 2.15. The Hall–Kier alpha value is -1.72. The molecule has 0 aliphatic rings. The van der Waals surface area contributed by atoms with E-state index in [1.807, 2.05) is 0 Å². The largest absolute Gasteiger partial charge is 0.497 e. The van der Waals surface area contributed by atoms with E-state index in [2.05, 4.69) is 4.72 Å². The summed E-state index contributed by atoms with van der Waals surface area (Å²) in [6, 6.07) is 12.8. The zero-order valence-corrected chi connectivity index (χ0v) is 11.7. The molecule has 0 saturated carbocycles. The summed E-state index contributed by atoms with van der Waals surface area (Å²) < 4.78 is 31.7. The Morgan fingerprint density at radius 1 is 1.11 bits per heavy atom. The second kappa shape index (κ2) is 5.50. The van der Waals surface area contributed by atoms with E-state index in [-0.39, 0.29) is 9.92 Å². The van der Waals surface area contributed by atoms with Gasteiger partial charge in [-0.05, 0) is 24.3 Å². The van der Waals surface area contributed by atoms with Crippen molar-refractivity contribution in [1.29, 1.82) is 0 Å². The molecule has 0 unspecified atom stereocenters. The molecule has 0 fully saturated rings. The van der Waals surface area contributed by atoms with Crippen LogP contribution in [0.2, 0.25) is 5.02 Å². The second-order valence-electron chi connectivity index (χ2n) is 3.76. The van der Waals surface area contributed by atoms with Crippen LogP contribution in [0.4, 0.5) is 5.69 Å². The van der Waals surface area contributed by atoms with Gasteiger partial charge in [-0.1, -0.05) is 29.8 Å². The van der Waals surface area contributed by atoms with Crippen LogP contribution in [-0.2, 0) is 10.0 Å². The SMILES string of the molecule is COc1ccc(NS(=O)(=O)c2ccccc2)c(Cl)c1. The molecule has 2 rings (SSSR count). The molecule has 0 heterocycles. The molecule has 19 heavy (non-hydrogen) atoms. The molecule has 0 radical (unpaired) electrons. The molecule has 0 aromatic heterocycles. The van der Waals surface area contributed by atoms with Crippen molar-refractivity contribution in [2.75, 3.05) is 11.8 Å². The minimum atomic E-state index is -3.63. The standard InChI is InChI=1S/C13H12ClNO3S/c1-18-10-7-8-13(12(14)9-10)15-19(16,17)11-5-3-2-4-6-11/h2-9,15H,1H3. The molecule has 2 aromatic carbocycles. The monoisotopic (exact) mass is 297 g/mol. The van der Waals surface area contributed by atoms with Gasteiger partial charge in [-0.2, -0.15) is 0 Å². The summed E-state index contributed by atoms with van der Waals surface area (Å²) in [5.74, 6) is 0.563. The van der Waals surface area contributed by atoms with Crippen LogP contribution in [0.15, 0.2) is 53.4 Å². The molecule has 6 heteroatoms. The zero-order chi connectivity index (χ0) is 13.9. The molecule has 2 aromatic rings. The Balaban J connectivity index is 2.31. The fourth-order valence-electron chi connectivity index (χ4n) is 1.51. The van der Waals surface area contributed by atoms with Gasteiger partial charge in [-0.3, -0.25) is 4.72 Å². The van der Waals surface area contributed by atoms with E-state index in [1.54, 1.807) is 36.4 Å². The highest BCUT2D eigenvalue weighted by molar-refractivity contribution is 7.92. The predicted molar refractivity (Wildman–Crippen MR) is 75.3 cm³/mol. The second-order valence-corrected chi connectivity index (χ2v) is 5.85. The highest BCUT2D eigenvalue weighted by atomic mass is 35.5. The maximum absolute atomic E-state index is 12.1. The summed E-state index contributed by atoms with van der Waals surface area (Å²) in [6.45, 7) is 0. The van der Waals surface area contributed by atoms with E-state index in [1.165, 1.54) is 19.2 Å². The number of sulfonamides is 1. The lowest BCUT2D eigenvalue weighted by Gasteiger charge is -2.10.